The van der Waals surface area contributed by atoms with Crippen molar-refractivity contribution in [3.8, 4) is 0 Å². The molecule has 2 rings (SSSR count). The van der Waals surface area contributed by atoms with Crippen molar-refractivity contribution in [2.24, 2.45) is 0 Å². The van der Waals surface area contributed by atoms with Gasteiger partial charge in [-0.15, -0.1) is 0 Å². The lowest BCUT2D eigenvalue weighted by molar-refractivity contribution is 0.187. The molecule has 1 fully saturated rings. The van der Waals surface area contributed by atoms with Gasteiger partial charge in [-0.25, -0.2) is 18.1 Å². The molecule has 1 atom stereocenters. The fourth-order valence-corrected chi connectivity index (χ4v) is 3.34. The summed E-state index contributed by atoms with van der Waals surface area (Å²) in [5.41, 5.74) is 0. The van der Waals surface area contributed by atoms with Crippen molar-refractivity contribution in [3.05, 3.63) is 23.5 Å². The predicted octanol–water partition coefficient (Wildman–Crippen LogP) is 1.50. The molecule has 1 saturated heterocycles. The molecule has 0 bridgehead atoms. The van der Waals surface area contributed by atoms with E-state index in [1.165, 1.54) is 24.8 Å². The van der Waals surface area contributed by atoms with Crippen LogP contribution in [0.1, 0.15) is 19.3 Å². The number of hydrogen-bond acceptors (Lipinski definition) is 4. The van der Waals surface area contributed by atoms with Crippen LogP contribution in [0.4, 0.5) is 0 Å². The van der Waals surface area contributed by atoms with Crippen LogP contribution in [0.3, 0.4) is 0 Å². The highest BCUT2D eigenvalue weighted by Gasteiger charge is 2.22. The predicted molar refractivity (Wildman–Crippen MR) is 74.7 cm³/mol. The first-order valence-electron chi connectivity index (χ1n) is 6.30. The summed E-state index contributed by atoms with van der Waals surface area (Å²) in [6, 6.07) is 3.20. The zero-order valence-corrected chi connectivity index (χ0v) is 12.4. The average Bonchev–Trinajstić information content (AvgIpc) is 2.38. The number of likely N-dealkylation sites (tertiary alicyclic amines) is 1. The molecular formula is C12H18ClN3O2S. The molecule has 1 aliphatic rings. The Morgan fingerprint density at radius 1 is 1.47 bits per heavy atom. The van der Waals surface area contributed by atoms with E-state index in [4.69, 9.17) is 11.6 Å². The number of nitrogens with zero attached hydrogens (tertiary/aromatic N) is 2. The number of aromatic nitrogens is 1. The third kappa shape index (κ3) is 3.89. The van der Waals surface area contributed by atoms with Crippen LogP contribution in [0.15, 0.2) is 23.2 Å². The zero-order chi connectivity index (χ0) is 13.9. The van der Waals surface area contributed by atoms with Gasteiger partial charge in [-0.05, 0) is 38.6 Å². The van der Waals surface area contributed by atoms with E-state index in [1.807, 2.05) is 7.05 Å². The van der Waals surface area contributed by atoms with Gasteiger partial charge in [0.25, 0.3) is 0 Å². The first-order valence-corrected chi connectivity index (χ1v) is 8.16. The Morgan fingerprint density at radius 2 is 2.26 bits per heavy atom. The smallest absolute Gasteiger partial charge is 0.242 e. The van der Waals surface area contributed by atoms with Crippen LogP contribution in [0.5, 0.6) is 0 Å². The molecule has 0 amide bonds. The van der Waals surface area contributed by atoms with E-state index in [9.17, 15) is 8.42 Å². The summed E-state index contributed by atoms with van der Waals surface area (Å²) in [6.07, 6.45) is 4.63. The second-order valence-electron chi connectivity index (χ2n) is 4.80. The Morgan fingerprint density at radius 3 is 2.89 bits per heavy atom. The summed E-state index contributed by atoms with van der Waals surface area (Å²) in [5, 5.41) is 0.283. The van der Waals surface area contributed by atoms with E-state index in [-0.39, 0.29) is 16.1 Å². The van der Waals surface area contributed by atoms with Crippen molar-refractivity contribution < 1.29 is 8.42 Å². The van der Waals surface area contributed by atoms with Gasteiger partial charge in [0.05, 0.1) is 0 Å². The molecule has 7 heteroatoms. The highest BCUT2D eigenvalue weighted by Crippen LogP contribution is 2.15. The average molecular weight is 304 g/mol. The Balaban J connectivity index is 1.99. The fraction of sp³-hybridized carbons (Fsp3) is 0.583. The standard InChI is InChI=1S/C12H18ClN3O2S/c1-16-7-3-2-4-10(16)8-15-19(17,18)11-5-6-12(13)14-9-11/h5-6,9-10,15H,2-4,7-8H2,1H3. The number of piperidine rings is 1. The van der Waals surface area contributed by atoms with Crippen LogP contribution < -0.4 is 4.72 Å². The largest absolute Gasteiger partial charge is 0.302 e. The van der Waals surface area contributed by atoms with Crippen LogP contribution in [0, 0.1) is 0 Å². The van der Waals surface area contributed by atoms with Gasteiger partial charge in [0.15, 0.2) is 0 Å². The van der Waals surface area contributed by atoms with E-state index in [0.717, 1.165) is 19.4 Å². The summed E-state index contributed by atoms with van der Waals surface area (Å²) in [7, 11) is -1.47. The fourth-order valence-electron chi connectivity index (χ4n) is 2.21. The molecule has 1 aromatic heterocycles. The van der Waals surface area contributed by atoms with Crippen LogP contribution in [-0.4, -0.2) is 44.5 Å². The Hall–Kier alpha value is -0.690. The molecule has 0 saturated carbocycles. The van der Waals surface area contributed by atoms with E-state index in [0.29, 0.717) is 6.54 Å². The minimum atomic E-state index is -3.50. The Bertz CT molecular complexity index is 518. The monoisotopic (exact) mass is 303 g/mol. The Kier molecular flexibility index (Phi) is 4.78. The van der Waals surface area contributed by atoms with E-state index >= 15 is 0 Å². The molecule has 19 heavy (non-hydrogen) atoms. The minimum Gasteiger partial charge on any atom is -0.302 e. The molecule has 1 aliphatic heterocycles. The van der Waals surface area contributed by atoms with E-state index in [1.54, 1.807) is 0 Å². The van der Waals surface area contributed by atoms with Crippen LogP contribution in [-0.2, 0) is 10.0 Å². The second kappa shape index (κ2) is 6.17. The normalized spacial score (nSPS) is 21.5. The van der Waals surface area contributed by atoms with Gasteiger partial charge in [-0.1, -0.05) is 18.0 Å². The number of pyridine rings is 1. The summed E-state index contributed by atoms with van der Waals surface area (Å²) < 4.78 is 26.8. The van der Waals surface area contributed by atoms with Crippen molar-refractivity contribution >= 4 is 21.6 Å². The minimum absolute atomic E-state index is 0.148. The summed E-state index contributed by atoms with van der Waals surface area (Å²) >= 11 is 5.65. The Labute approximate surface area is 119 Å². The summed E-state index contributed by atoms with van der Waals surface area (Å²) in [6.45, 7) is 1.45. The van der Waals surface area contributed by atoms with Gasteiger partial charge < -0.3 is 4.90 Å². The molecule has 5 nitrogen and oxygen atoms in total. The van der Waals surface area contributed by atoms with Gasteiger partial charge in [-0.3, -0.25) is 0 Å². The highest BCUT2D eigenvalue weighted by atomic mass is 35.5. The maximum Gasteiger partial charge on any atom is 0.242 e. The quantitative estimate of drug-likeness (QED) is 0.856. The van der Waals surface area contributed by atoms with Crippen molar-refractivity contribution in [3.63, 3.8) is 0 Å². The number of nitrogens with one attached hydrogen (secondary N) is 1. The molecule has 106 valence electrons. The summed E-state index contributed by atoms with van der Waals surface area (Å²) in [4.78, 5) is 6.14. The first kappa shape index (κ1) is 14.7. The highest BCUT2D eigenvalue weighted by molar-refractivity contribution is 7.89. The molecule has 0 aliphatic carbocycles. The van der Waals surface area contributed by atoms with Crippen LogP contribution >= 0.6 is 11.6 Å². The van der Waals surface area contributed by atoms with Gasteiger partial charge in [-0.2, -0.15) is 0 Å². The molecule has 0 spiro atoms. The molecule has 2 heterocycles. The van der Waals surface area contributed by atoms with E-state index in [2.05, 4.69) is 14.6 Å². The number of hydrogen-bond donors (Lipinski definition) is 1. The molecule has 0 aromatic carbocycles. The topological polar surface area (TPSA) is 62.3 Å². The SMILES string of the molecule is CN1CCCCC1CNS(=O)(=O)c1ccc(Cl)nc1. The van der Waals surface area contributed by atoms with Gasteiger partial charge in [0.1, 0.15) is 10.0 Å². The second-order valence-corrected chi connectivity index (χ2v) is 6.95. The van der Waals surface area contributed by atoms with Crippen molar-refractivity contribution in [2.45, 2.75) is 30.2 Å². The maximum absolute atomic E-state index is 12.1. The van der Waals surface area contributed by atoms with Crippen molar-refractivity contribution in [1.29, 1.82) is 0 Å². The lowest BCUT2D eigenvalue weighted by Gasteiger charge is -2.32. The van der Waals surface area contributed by atoms with Gasteiger partial charge in [0, 0.05) is 18.8 Å². The number of halogens is 1. The molecule has 1 unspecified atom stereocenters. The third-order valence-corrected chi connectivity index (χ3v) is 5.07. The molecule has 0 radical (unpaired) electrons. The lowest BCUT2D eigenvalue weighted by atomic mass is 10.0. The number of sulfonamides is 1. The molecular weight excluding hydrogens is 286 g/mol. The van der Waals surface area contributed by atoms with Gasteiger partial charge in [0.2, 0.25) is 10.0 Å². The van der Waals surface area contributed by atoms with Crippen molar-refractivity contribution in [2.75, 3.05) is 20.1 Å². The third-order valence-electron chi connectivity index (χ3n) is 3.44. The number of rotatable bonds is 4. The lowest BCUT2D eigenvalue weighted by Crippen LogP contribution is -2.44. The van der Waals surface area contributed by atoms with Gasteiger partial charge >= 0.3 is 0 Å². The molecule has 1 aromatic rings. The van der Waals surface area contributed by atoms with E-state index < -0.39 is 10.0 Å². The van der Waals surface area contributed by atoms with Crippen LogP contribution in [0.25, 0.3) is 0 Å². The van der Waals surface area contributed by atoms with Crippen LogP contribution in [0.2, 0.25) is 5.15 Å². The first-order chi connectivity index (χ1) is 8.99. The number of likely N-dealkylation sites (N-methyl/N-ethyl adjacent to an activating group) is 1. The maximum atomic E-state index is 12.1. The van der Waals surface area contributed by atoms with Crippen molar-refractivity contribution in [1.82, 2.24) is 14.6 Å². The summed E-state index contributed by atoms with van der Waals surface area (Å²) in [5.74, 6) is 0. The molecule has 1 N–H and O–H groups in total. The zero-order valence-electron chi connectivity index (χ0n) is 10.8.